The lowest BCUT2D eigenvalue weighted by molar-refractivity contribution is 0.0686. The minimum atomic E-state index is -1.12. The molecule has 0 unspecified atom stereocenters. The number of rotatable bonds is 3. The van der Waals surface area contributed by atoms with Gasteiger partial charge in [-0.25, -0.2) is 14.4 Å². The van der Waals surface area contributed by atoms with Crippen LogP contribution in [0.15, 0.2) is 127 Å². The molecule has 0 radical (unpaired) electrons. The molecule has 0 aliphatic heterocycles. The number of hydrogen-bond acceptors (Lipinski definition) is 3. The highest BCUT2D eigenvalue weighted by Gasteiger charge is 2.04. The van der Waals surface area contributed by atoms with E-state index in [0.717, 1.165) is 0 Å². The predicted molar refractivity (Wildman–Crippen MR) is 218 cm³/mol. The zero-order valence-corrected chi connectivity index (χ0v) is 29.7. The van der Waals surface area contributed by atoms with Gasteiger partial charge in [0, 0.05) is 64.6 Å². The summed E-state index contributed by atoms with van der Waals surface area (Å²) in [6, 6.07) is 72.3. The molecule has 3 N–H and O–H groups in total. The number of carboxylic acids is 3. The van der Waals surface area contributed by atoms with Crippen molar-refractivity contribution < 1.29 is 29.7 Å². The van der Waals surface area contributed by atoms with Crippen LogP contribution < -0.4 is 0 Å². The molecule has 0 fully saturated rings. The molecule has 0 spiro atoms. The number of benzene rings is 6. The SMILES string of the molecule is O=C(O)c1cc2c#cc3cccc(c#cc4cc(C(=O)O)cc(c#cc5cccc(c#cc6cc(C(=O)O)cc(c#cc7cccc(c#cc(c1)c2)c7)c6)c5)c4)c3. The summed E-state index contributed by atoms with van der Waals surface area (Å²) in [6.07, 6.45) is 0. The molecular formula is C51H24O6. The second-order valence-electron chi connectivity index (χ2n) is 12.6. The molecule has 0 saturated carbocycles. The van der Waals surface area contributed by atoms with Crippen molar-refractivity contribution in [3.05, 3.63) is 217 Å². The standard InChI is InChI=1S/C51H24O6/c52-49(53)46-28-40-16-10-34-4-1-5-35(22-34)11-17-41-26-43(31-47(29-41)50(54)55)19-13-37-7-3-9-39(24-37)15-21-45-27-44(32-48(33-45)51(56)57)20-14-38-8-2-6-36(23-38)12-18-42(25-40)30-46/h1-9,22-33H,(H,52,53)(H,54,55)(H,56,57). The summed E-state index contributed by atoms with van der Waals surface area (Å²) in [7, 11) is 0. The Morgan fingerprint density at radius 1 is 0.263 bits per heavy atom. The Morgan fingerprint density at radius 2 is 0.421 bits per heavy atom. The Kier molecular flexibility index (Phi) is 10.5. The van der Waals surface area contributed by atoms with Gasteiger partial charge in [0.25, 0.3) is 0 Å². The second kappa shape index (κ2) is 16.4. The lowest BCUT2D eigenvalue weighted by atomic mass is 10.1. The normalized spacial score (nSPS) is 9.68. The summed E-state index contributed by atoms with van der Waals surface area (Å²) >= 11 is 0. The minimum absolute atomic E-state index is 0.0322. The third-order valence-corrected chi connectivity index (χ3v) is 8.23. The van der Waals surface area contributed by atoms with Crippen molar-refractivity contribution in [2.45, 2.75) is 0 Å². The van der Waals surface area contributed by atoms with Gasteiger partial charge < -0.3 is 15.3 Å². The molecule has 12 bridgehead atoms. The summed E-state index contributed by atoms with van der Waals surface area (Å²) in [6.45, 7) is 0. The van der Waals surface area contributed by atoms with E-state index in [1.54, 1.807) is 91.0 Å². The molecule has 57 heavy (non-hydrogen) atoms. The molecule has 0 atom stereocenters. The molecule has 6 nitrogen and oxygen atoms in total. The first-order valence-corrected chi connectivity index (χ1v) is 17.2. The zero-order valence-electron chi connectivity index (χ0n) is 29.7. The lowest BCUT2D eigenvalue weighted by Gasteiger charge is -1.93. The van der Waals surface area contributed by atoms with E-state index < -0.39 is 17.9 Å². The Labute approximate surface area is 328 Å². The van der Waals surface area contributed by atoms with Gasteiger partial charge in [-0.2, -0.15) is 0 Å². The van der Waals surface area contributed by atoms with E-state index in [1.807, 2.05) is 0 Å². The van der Waals surface area contributed by atoms with Crippen LogP contribution in [-0.4, -0.2) is 33.2 Å². The number of fused-ring (bicyclic) bond motifs is 12. The van der Waals surface area contributed by atoms with Gasteiger partial charge in [-0.3, -0.25) is 0 Å². The van der Waals surface area contributed by atoms with Crippen LogP contribution in [0.4, 0.5) is 0 Å². The van der Waals surface area contributed by atoms with Crippen molar-refractivity contribution in [1.82, 2.24) is 0 Å². The highest BCUT2D eigenvalue weighted by Crippen LogP contribution is 2.14. The van der Waals surface area contributed by atoms with Crippen LogP contribution in [0.2, 0.25) is 0 Å². The molecule has 0 amide bonds. The Morgan fingerprint density at radius 3 is 0.596 bits per heavy atom. The molecule has 6 heteroatoms. The zero-order chi connectivity index (χ0) is 39.7. The van der Waals surface area contributed by atoms with Gasteiger partial charge in [-0.05, 0) is 109 Å². The predicted octanol–water partition coefficient (Wildman–Crippen LogP) is 10.4. The van der Waals surface area contributed by atoms with Crippen LogP contribution in [0.3, 0.4) is 0 Å². The smallest absolute Gasteiger partial charge is 0.335 e. The highest BCUT2D eigenvalue weighted by molar-refractivity contribution is 5.93. The molecule has 0 saturated heterocycles. The molecular weight excluding hydrogens is 709 g/mol. The van der Waals surface area contributed by atoms with Crippen molar-refractivity contribution >= 4 is 82.5 Å². The first-order chi connectivity index (χ1) is 27.6. The van der Waals surface area contributed by atoms with E-state index in [0.29, 0.717) is 64.6 Å². The van der Waals surface area contributed by atoms with Crippen molar-refractivity contribution in [1.29, 1.82) is 0 Å². The summed E-state index contributed by atoms with van der Waals surface area (Å²) < 4.78 is 0. The van der Waals surface area contributed by atoms with Crippen LogP contribution >= 0.6 is 0 Å². The molecule has 7 aromatic carbocycles. The van der Waals surface area contributed by atoms with Crippen LogP contribution in [0.5, 0.6) is 0 Å². The fraction of sp³-hybridized carbons (Fsp3) is 0. The average Bonchev–Trinajstić information content (AvgIpc) is 3.22. The van der Waals surface area contributed by atoms with Gasteiger partial charge in [0.15, 0.2) is 0 Å². The average molecular weight is 733 g/mol. The third-order valence-electron chi connectivity index (χ3n) is 8.23. The number of carbonyl (C=O) groups is 3. The minimum Gasteiger partial charge on any atom is -0.478 e. The maximum Gasteiger partial charge on any atom is 0.335 e. The van der Waals surface area contributed by atoms with Crippen molar-refractivity contribution in [3.63, 3.8) is 0 Å². The van der Waals surface area contributed by atoms with Crippen molar-refractivity contribution in [2.24, 2.45) is 0 Å². The molecule has 0 aliphatic rings. The van der Waals surface area contributed by atoms with Gasteiger partial charge >= 0.3 is 17.9 Å². The maximum atomic E-state index is 12.0. The summed E-state index contributed by atoms with van der Waals surface area (Å²) in [5.74, 6) is -3.36. The maximum absolute atomic E-state index is 12.0. The van der Waals surface area contributed by atoms with Gasteiger partial charge in [-0.1, -0.05) is 91.0 Å². The topological polar surface area (TPSA) is 112 Å². The largest absolute Gasteiger partial charge is 0.478 e. The summed E-state index contributed by atoms with van der Waals surface area (Å²) in [4.78, 5) is 36.0. The Hall–Kier alpha value is -8.91. The Balaban J connectivity index is 1.48. The number of aromatic carboxylic acids is 3. The molecule has 7 aromatic rings. The van der Waals surface area contributed by atoms with E-state index in [1.165, 1.54) is 36.4 Å². The summed E-state index contributed by atoms with van der Waals surface area (Å²) in [5.41, 5.74) is 0.0965. The fourth-order valence-corrected chi connectivity index (χ4v) is 5.58. The van der Waals surface area contributed by atoms with E-state index in [4.69, 9.17) is 0 Å². The number of carboxylic acid groups (broad SMARTS) is 3. The van der Waals surface area contributed by atoms with Gasteiger partial charge in [0.2, 0.25) is 0 Å². The first-order valence-electron chi connectivity index (χ1n) is 17.2. The van der Waals surface area contributed by atoms with Gasteiger partial charge in [-0.15, -0.1) is 0 Å². The highest BCUT2D eigenvalue weighted by atomic mass is 16.4. The molecule has 264 valence electrons. The summed E-state index contributed by atoms with van der Waals surface area (Å²) in [5, 5.41) is 36.0. The van der Waals surface area contributed by atoms with E-state index >= 15 is 0 Å². The fourth-order valence-electron chi connectivity index (χ4n) is 5.58. The van der Waals surface area contributed by atoms with E-state index in [-0.39, 0.29) is 16.7 Å². The van der Waals surface area contributed by atoms with E-state index in [2.05, 4.69) is 72.8 Å². The lowest BCUT2D eigenvalue weighted by Crippen LogP contribution is -1.94. The van der Waals surface area contributed by atoms with Gasteiger partial charge in [0.1, 0.15) is 0 Å². The van der Waals surface area contributed by atoms with Crippen LogP contribution in [0.1, 0.15) is 31.1 Å². The number of hydrogen-bond donors (Lipinski definition) is 3. The molecule has 0 heterocycles. The quantitative estimate of drug-likeness (QED) is 0.167. The second-order valence-corrected chi connectivity index (χ2v) is 12.6. The van der Waals surface area contributed by atoms with Crippen molar-refractivity contribution in [3.8, 4) is 0 Å². The third kappa shape index (κ3) is 9.75. The van der Waals surface area contributed by atoms with Crippen LogP contribution in [-0.2, 0) is 0 Å². The van der Waals surface area contributed by atoms with Crippen LogP contribution in [0.25, 0.3) is 64.6 Å². The molecule has 7 rings (SSSR count). The molecule has 0 aliphatic carbocycles. The van der Waals surface area contributed by atoms with Gasteiger partial charge in [0.05, 0.1) is 16.7 Å². The molecule has 0 aromatic heterocycles. The van der Waals surface area contributed by atoms with Crippen molar-refractivity contribution in [2.75, 3.05) is 0 Å². The first kappa shape index (κ1) is 36.4. The Bertz CT molecular complexity index is 2580. The van der Waals surface area contributed by atoms with Crippen LogP contribution in [0, 0.1) is 72.8 Å². The monoisotopic (exact) mass is 732 g/mol. The van der Waals surface area contributed by atoms with E-state index in [9.17, 15) is 29.7 Å².